The van der Waals surface area contributed by atoms with Gasteiger partial charge in [-0.3, -0.25) is 43.7 Å². The maximum atomic E-state index is 15.4. The van der Waals surface area contributed by atoms with Crippen LogP contribution in [-0.2, 0) is 86.0 Å². The van der Waals surface area contributed by atoms with E-state index in [2.05, 4.69) is 31.9 Å². The summed E-state index contributed by atoms with van der Waals surface area (Å²) in [5, 5.41) is 37.0. The van der Waals surface area contributed by atoms with Crippen LogP contribution in [0.4, 0.5) is 25.4 Å². The van der Waals surface area contributed by atoms with Crippen molar-refractivity contribution >= 4 is 104 Å². The molecule has 2 aromatic heterocycles. The lowest BCUT2D eigenvalue weighted by Crippen LogP contribution is -2.54. The molecule has 6 heterocycles. The number of ether oxygens (including phenoxy) is 3. The van der Waals surface area contributed by atoms with Gasteiger partial charge in [-0.1, -0.05) is 49.4 Å². The zero-order valence-electron chi connectivity index (χ0n) is 51.5. The van der Waals surface area contributed by atoms with Gasteiger partial charge in [-0.25, -0.2) is 28.7 Å². The molecule has 1 unspecified atom stereocenters. The molecule has 0 bridgehead atoms. The number of aliphatic hydroxyl groups is 2. The monoisotopic (exact) mass is 1410 g/mol. The van der Waals surface area contributed by atoms with Crippen molar-refractivity contribution in [3.8, 4) is 11.4 Å². The third kappa shape index (κ3) is 13.8. The lowest BCUT2D eigenvalue weighted by molar-refractivity contribution is -0.173. The molecular weight excluding hydrogens is 1350 g/mol. The van der Waals surface area contributed by atoms with Crippen molar-refractivity contribution in [2.24, 2.45) is 0 Å². The molecule has 1 saturated heterocycles. The van der Waals surface area contributed by atoms with Crippen molar-refractivity contribution in [1.82, 2.24) is 45.9 Å². The highest BCUT2D eigenvalue weighted by molar-refractivity contribution is 14.1. The Balaban J connectivity index is 0.656. The maximum absolute atomic E-state index is 15.4. The highest BCUT2D eigenvalue weighted by Gasteiger charge is 2.52. The number of cyclic esters (lactones) is 1. The number of esters is 1. The van der Waals surface area contributed by atoms with E-state index in [4.69, 9.17) is 19.2 Å². The van der Waals surface area contributed by atoms with E-state index in [9.17, 15) is 63.0 Å². The molecule has 6 aromatic rings. The van der Waals surface area contributed by atoms with Crippen LogP contribution in [-0.4, -0.2) is 154 Å². The van der Waals surface area contributed by atoms with Gasteiger partial charge in [0.15, 0.2) is 0 Å². The molecule has 0 radical (unpaired) electrons. The smallest absolute Gasteiger partial charge is 0.411 e. The van der Waals surface area contributed by atoms with E-state index in [0.29, 0.717) is 73.1 Å². The molecule has 5 aliphatic rings. The number of aromatic nitrogens is 2. The van der Waals surface area contributed by atoms with Crippen LogP contribution < -0.4 is 42.4 Å². The SMILES string of the molecule is CC[C@@]1(OC(=O)N(C)C[C@@H]2CCCN2C(=O)OCc2ccc(NC(=O)CNC(=O)[C@H](Cc3ccccc3)NC(O)CNC(=O)CNC(=O)c3cc(I)cc(N4C(=O)C=CC4=O)c3)cc2)C(=O)OCc2c1cc1n(c2=O)Cc2c-1nc1cc(F)c(C)c3c1c2[C@@H](NC(=O)CO)C3. The van der Waals surface area contributed by atoms with Gasteiger partial charge in [-0.2, -0.15) is 0 Å². The minimum absolute atomic E-state index is 0.0233. The fourth-order valence-electron chi connectivity index (χ4n) is 12.6. The van der Waals surface area contributed by atoms with Crippen molar-refractivity contribution in [3.63, 3.8) is 0 Å². The highest BCUT2D eigenvalue weighted by Crippen LogP contribution is 2.48. The summed E-state index contributed by atoms with van der Waals surface area (Å²) in [4.78, 5) is 154. The van der Waals surface area contributed by atoms with E-state index in [1.165, 1.54) is 39.6 Å². The average molecular weight is 1410 g/mol. The molecule has 494 valence electrons. The van der Waals surface area contributed by atoms with E-state index in [0.717, 1.165) is 22.6 Å². The van der Waals surface area contributed by atoms with Gasteiger partial charge in [-0.15, -0.1) is 0 Å². The van der Waals surface area contributed by atoms with Gasteiger partial charge >= 0.3 is 18.2 Å². The van der Waals surface area contributed by atoms with Crippen LogP contribution in [0.15, 0.2) is 102 Å². The summed E-state index contributed by atoms with van der Waals surface area (Å²) < 4.78 is 34.8. The van der Waals surface area contributed by atoms with Gasteiger partial charge in [0, 0.05) is 69.7 Å². The number of likely N-dealkylation sites (N-methyl/N-ethyl adjacent to an activating group) is 1. The van der Waals surface area contributed by atoms with Crippen molar-refractivity contribution in [1.29, 1.82) is 0 Å². The first-order valence-electron chi connectivity index (χ1n) is 30.5. The fourth-order valence-corrected chi connectivity index (χ4v) is 13.2. The Morgan fingerprint density at radius 2 is 1.62 bits per heavy atom. The molecule has 9 amide bonds. The van der Waals surface area contributed by atoms with Gasteiger partial charge < -0.3 is 65.4 Å². The van der Waals surface area contributed by atoms with E-state index in [1.54, 1.807) is 80.6 Å². The van der Waals surface area contributed by atoms with Gasteiger partial charge in [-0.05, 0) is 126 Å². The van der Waals surface area contributed by atoms with Gasteiger partial charge in [0.05, 0.1) is 72.5 Å². The van der Waals surface area contributed by atoms with Gasteiger partial charge in [0.2, 0.25) is 29.2 Å². The summed E-state index contributed by atoms with van der Waals surface area (Å²) >= 11 is 1.93. The number of amides is 9. The third-order valence-corrected chi connectivity index (χ3v) is 18.0. The molecule has 27 nitrogen and oxygen atoms in total. The summed E-state index contributed by atoms with van der Waals surface area (Å²) in [6.07, 6.45) is 0.425. The number of nitrogens with zero attached hydrogens (tertiary/aromatic N) is 5. The number of imide groups is 1. The first kappa shape index (κ1) is 66.5. The van der Waals surface area contributed by atoms with E-state index >= 15 is 4.39 Å². The van der Waals surface area contributed by atoms with Gasteiger partial charge in [0.25, 0.3) is 23.3 Å². The minimum Gasteiger partial charge on any atom is -0.457 e. The first-order chi connectivity index (χ1) is 45.5. The van der Waals surface area contributed by atoms with Crippen molar-refractivity contribution in [2.75, 3.05) is 56.6 Å². The summed E-state index contributed by atoms with van der Waals surface area (Å²) in [5.41, 5.74) is 2.65. The molecular formula is C66H65FIN11O16. The molecule has 95 heavy (non-hydrogen) atoms. The summed E-state index contributed by atoms with van der Waals surface area (Å²) in [6.45, 7) is 0.868. The molecule has 4 aromatic carbocycles. The molecule has 1 fully saturated rings. The first-order valence-corrected chi connectivity index (χ1v) is 31.6. The number of anilines is 2. The van der Waals surface area contributed by atoms with Crippen molar-refractivity contribution in [3.05, 3.63) is 167 Å². The predicted molar refractivity (Wildman–Crippen MR) is 345 cm³/mol. The standard InChI is InChI=1S/C66H65FIN11O16/c1-4-66(45-24-50-59-43(30-78(50)62(89)44(45)33-93-63(66)90)58-47(73-54(84)31-80)23-42-34(2)46(67)25-48(75-59)57(42)58)95-64(91)76(3)29-40-11-8-18-77(40)65(92)94-32-36-12-14-39(15-13-36)72-52(82)28-71-61(88)49(19-35-9-6-5-7-10-35)74-53(83)27-69-51(81)26-70-60(87)37-20-38(68)22-41(21-37)79-55(85)16-17-56(79)86/h5-7,9-10,12-17,20-22,24-25,40,47,49,53,74,80,83H,4,8,11,18-19,23,26-33H2,1-3H3,(H,69,81)(H,70,87)(H,71,88)(H,72,82)(H,73,84)/t40-,47-,49-,53?,66-/m0/s1. The minimum atomic E-state index is -2.09. The second kappa shape index (κ2) is 27.9. The number of likely N-dealkylation sites (tertiary alicyclic amines) is 1. The van der Waals surface area contributed by atoms with Crippen LogP contribution in [0.25, 0.3) is 22.3 Å². The Labute approximate surface area is 554 Å². The summed E-state index contributed by atoms with van der Waals surface area (Å²) in [6, 6.07) is 20.3. The number of carbonyl (C=O) groups is 10. The van der Waals surface area contributed by atoms with Crippen molar-refractivity contribution < 1.29 is 76.8 Å². The van der Waals surface area contributed by atoms with Crippen LogP contribution in [0.1, 0.15) is 87.1 Å². The number of halogens is 2. The van der Waals surface area contributed by atoms with Crippen LogP contribution >= 0.6 is 22.6 Å². The van der Waals surface area contributed by atoms with Crippen LogP contribution in [0.5, 0.6) is 0 Å². The summed E-state index contributed by atoms with van der Waals surface area (Å²) in [5.74, 6) is -5.75. The Morgan fingerprint density at radius 3 is 2.35 bits per heavy atom. The number of carbonyl (C=O) groups excluding carboxylic acids is 10. The third-order valence-electron chi connectivity index (χ3n) is 17.3. The van der Waals surface area contributed by atoms with Crippen LogP contribution in [0.2, 0.25) is 0 Å². The molecule has 29 heteroatoms. The van der Waals surface area contributed by atoms with Gasteiger partial charge in [0.1, 0.15) is 31.9 Å². The molecule has 1 aliphatic carbocycles. The zero-order chi connectivity index (χ0) is 67.6. The Bertz CT molecular complexity index is 4250. The van der Waals surface area contributed by atoms with Crippen molar-refractivity contribution in [2.45, 2.75) is 95.7 Å². The second-order valence-electron chi connectivity index (χ2n) is 23.5. The zero-order valence-corrected chi connectivity index (χ0v) is 53.7. The molecule has 0 saturated carbocycles. The molecule has 11 rings (SSSR count). The predicted octanol–water partition coefficient (Wildman–Crippen LogP) is 3.26. The number of hydrogen-bond acceptors (Lipinski definition) is 18. The average Bonchev–Trinajstić information content (AvgIpc) is 1.58. The Hall–Kier alpha value is -9.98. The number of nitrogens with one attached hydrogen (secondary N) is 6. The molecule has 5 atom stereocenters. The molecule has 8 N–H and O–H groups in total. The van der Waals surface area contributed by atoms with E-state index in [-0.39, 0.29) is 73.6 Å². The fraction of sp³-hybridized carbons (Fsp3) is 0.333. The number of aliphatic hydroxyl groups excluding tert-OH is 2. The topological polar surface area (TPSA) is 356 Å². The van der Waals surface area contributed by atoms with E-state index < -0.39 is 127 Å². The highest BCUT2D eigenvalue weighted by atomic mass is 127. The molecule has 0 spiro atoms. The quantitative estimate of drug-likeness (QED) is 0.0159. The summed E-state index contributed by atoms with van der Waals surface area (Å²) in [7, 11) is 1.45. The second-order valence-corrected chi connectivity index (χ2v) is 24.7. The lowest BCUT2D eigenvalue weighted by atomic mass is 9.85. The lowest BCUT2D eigenvalue weighted by Gasteiger charge is -2.37. The van der Waals surface area contributed by atoms with Crippen LogP contribution in [0.3, 0.4) is 0 Å². The normalized spacial score (nSPS) is 17.9. The number of rotatable bonds is 22. The Morgan fingerprint density at radius 1 is 0.884 bits per heavy atom. The number of fused-ring (bicyclic) bond motifs is 5. The van der Waals surface area contributed by atoms with Crippen LogP contribution in [0, 0.1) is 16.3 Å². The number of benzene rings is 4. The molecule has 4 aliphatic heterocycles. The van der Waals surface area contributed by atoms with E-state index in [1.807, 2.05) is 22.6 Å². The largest absolute Gasteiger partial charge is 0.457 e. The number of pyridine rings is 2. The Kier molecular flexibility index (Phi) is 19.5. The number of hydrogen-bond donors (Lipinski definition) is 8. The maximum Gasteiger partial charge on any atom is 0.411 e.